The van der Waals surface area contributed by atoms with Gasteiger partial charge in [-0.3, -0.25) is 0 Å². The first-order valence-corrected chi connectivity index (χ1v) is 4.88. The minimum atomic E-state index is 0.339. The van der Waals surface area contributed by atoms with Gasteiger partial charge in [-0.15, -0.1) is 0 Å². The van der Waals surface area contributed by atoms with Crippen LogP contribution in [0.3, 0.4) is 0 Å². The van der Waals surface area contributed by atoms with E-state index in [-0.39, 0.29) is 0 Å². The molecule has 0 radical (unpaired) electrons. The molecule has 3 nitrogen and oxygen atoms in total. The van der Waals surface area contributed by atoms with E-state index in [4.69, 9.17) is 15.2 Å². The van der Waals surface area contributed by atoms with Crippen LogP contribution in [0.1, 0.15) is 12.5 Å². The van der Waals surface area contributed by atoms with Crippen molar-refractivity contribution in [2.45, 2.75) is 13.3 Å². The molecule has 14 heavy (non-hydrogen) atoms. The van der Waals surface area contributed by atoms with Crippen molar-refractivity contribution in [3.8, 4) is 11.5 Å². The lowest BCUT2D eigenvalue weighted by atomic mass is 10.0. The van der Waals surface area contributed by atoms with Gasteiger partial charge in [0.25, 0.3) is 0 Å². The van der Waals surface area contributed by atoms with Crippen LogP contribution < -0.4 is 15.2 Å². The highest BCUT2D eigenvalue weighted by Crippen LogP contribution is 2.32. The van der Waals surface area contributed by atoms with Gasteiger partial charge in [0.15, 0.2) is 11.5 Å². The summed E-state index contributed by atoms with van der Waals surface area (Å²) < 4.78 is 10.5. The molecule has 1 atom stereocenters. The van der Waals surface area contributed by atoms with Gasteiger partial charge >= 0.3 is 0 Å². The Balaban J connectivity index is 2.12. The lowest BCUT2D eigenvalue weighted by molar-refractivity contribution is 0.174. The molecule has 0 saturated carbocycles. The fourth-order valence-corrected chi connectivity index (χ4v) is 1.55. The van der Waals surface area contributed by atoms with Crippen molar-refractivity contribution in [3.05, 3.63) is 23.8 Å². The van der Waals surface area contributed by atoms with E-state index in [1.165, 1.54) is 5.56 Å². The fraction of sp³-hybridized carbons (Fsp3) is 0.455. The van der Waals surface area contributed by atoms with E-state index in [2.05, 4.69) is 13.0 Å². The van der Waals surface area contributed by atoms with Crippen LogP contribution in [0, 0.1) is 5.92 Å². The Morgan fingerprint density at radius 2 is 2.14 bits per heavy atom. The summed E-state index contributed by atoms with van der Waals surface area (Å²) in [5.41, 5.74) is 6.83. The Bertz CT molecular complexity index is 325. The van der Waals surface area contributed by atoms with Crippen molar-refractivity contribution in [3.63, 3.8) is 0 Å². The van der Waals surface area contributed by atoms with E-state index >= 15 is 0 Å². The zero-order valence-electron chi connectivity index (χ0n) is 8.32. The van der Waals surface area contributed by atoms with Crippen LogP contribution in [0.15, 0.2) is 18.2 Å². The molecule has 0 spiro atoms. The van der Waals surface area contributed by atoms with E-state index in [9.17, 15) is 0 Å². The molecule has 1 aliphatic heterocycles. The van der Waals surface area contributed by atoms with Crippen LogP contribution in [0.4, 0.5) is 0 Å². The van der Waals surface area contributed by atoms with Gasteiger partial charge in [0, 0.05) is 0 Å². The molecule has 2 N–H and O–H groups in total. The Labute approximate surface area is 83.8 Å². The van der Waals surface area contributed by atoms with Gasteiger partial charge in [0.2, 0.25) is 6.79 Å². The van der Waals surface area contributed by atoms with E-state index in [0.717, 1.165) is 17.9 Å². The second-order valence-corrected chi connectivity index (χ2v) is 3.73. The van der Waals surface area contributed by atoms with Crippen molar-refractivity contribution in [2.75, 3.05) is 13.3 Å². The number of benzene rings is 1. The lowest BCUT2D eigenvalue weighted by Gasteiger charge is -2.08. The molecule has 0 unspecified atom stereocenters. The van der Waals surface area contributed by atoms with Crippen LogP contribution in [0.5, 0.6) is 11.5 Å². The van der Waals surface area contributed by atoms with Gasteiger partial charge in [-0.25, -0.2) is 0 Å². The molecular weight excluding hydrogens is 178 g/mol. The number of ether oxygens (including phenoxy) is 2. The SMILES string of the molecule is C[C@@H](CN)Cc1ccc2c(c1)OCO2. The molecule has 1 aromatic rings. The smallest absolute Gasteiger partial charge is 0.231 e. The standard InChI is InChI=1S/C11H15NO2/c1-8(6-12)4-9-2-3-10-11(5-9)14-7-13-10/h2-3,5,8H,4,6-7,12H2,1H3/t8-/m1/s1. The highest BCUT2D eigenvalue weighted by atomic mass is 16.7. The summed E-state index contributed by atoms with van der Waals surface area (Å²) in [6, 6.07) is 6.06. The summed E-state index contributed by atoms with van der Waals surface area (Å²) in [5.74, 6) is 2.20. The predicted octanol–water partition coefficient (Wildman–Crippen LogP) is 1.55. The normalized spacial score (nSPS) is 15.6. The molecule has 1 aromatic carbocycles. The van der Waals surface area contributed by atoms with Crippen molar-refractivity contribution < 1.29 is 9.47 Å². The second kappa shape index (κ2) is 3.88. The summed E-state index contributed by atoms with van der Waals surface area (Å²) in [4.78, 5) is 0. The van der Waals surface area contributed by atoms with E-state index in [0.29, 0.717) is 19.3 Å². The van der Waals surface area contributed by atoms with Gasteiger partial charge in [0.1, 0.15) is 0 Å². The first-order chi connectivity index (χ1) is 6.79. The van der Waals surface area contributed by atoms with E-state index in [1.54, 1.807) is 0 Å². The maximum Gasteiger partial charge on any atom is 0.231 e. The fourth-order valence-electron chi connectivity index (χ4n) is 1.55. The first-order valence-electron chi connectivity index (χ1n) is 4.88. The molecule has 76 valence electrons. The van der Waals surface area contributed by atoms with Gasteiger partial charge < -0.3 is 15.2 Å². The maximum absolute atomic E-state index is 5.58. The third-order valence-corrected chi connectivity index (χ3v) is 2.42. The van der Waals surface area contributed by atoms with Gasteiger partial charge in [0.05, 0.1) is 0 Å². The Morgan fingerprint density at radius 3 is 2.93 bits per heavy atom. The van der Waals surface area contributed by atoms with Gasteiger partial charge in [-0.2, -0.15) is 0 Å². The third kappa shape index (κ3) is 1.82. The monoisotopic (exact) mass is 193 g/mol. The molecule has 1 aliphatic rings. The summed E-state index contributed by atoms with van der Waals surface area (Å²) in [7, 11) is 0. The number of hydrogen-bond donors (Lipinski definition) is 1. The van der Waals surface area contributed by atoms with E-state index < -0.39 is 0 Å². The molecule has 0 saturated heterocycles. The predicted molar refractivity (Wildman–Crippen MR) is 54.5 cm³/mol. The minimum Gasteiger partial charge on any atom is -0.454 e. The second-order valence-electron chi connectivity index (χ2n) is 3.73. The number of hydrogen-bond acceptors (Lipinski definition) is 3. The zero-order valence-corrected chi connectivity index (χ0v) is 8.32. The number of fused-ring (bicyclic) bond motifs is 1. The average Bonchev–Trinajstić information content (AvgIpc) is 2.64. The molecule has 0 fully saturated rings. The number of nitrogens with two attached hydrogens (primary N) is 1. The van der Waals surface area contributed by atoms with Crippen molar-refractivity contribution in [1.82, 2.24) is 0 Å². The quantitative estimate of drug-likeness (QED) is 0.792. The van der Waals surface area contributed by atoms with Crippen LogP contribution in [-0.4, -0.2) is 13.3 Å². The summed E-state index contributed by atoms with van der Waals surface area (Å²) in [6.07, 6.45) is 0.993. The summed E-state index contributed by atoms with van der Waals surface area (Å²) >= 11 is 0. The van der Waals surface area contributed by atoms with Crippen LogP contribution >= 0.6 is 0 Å². The molecule has 3 heteroatoms. The average molecular weight is 193 g/mol. The zero-order chi connectivity index (χ0) is 9.97. The Morgan fingerprint density at radius 1 is 1.36 bits per heavy atom. The molecule has 0 bridgehead atoms. The number of rotatable bonds is 3. The molecule has 0 aromatic heterocycles. The topological polar surface area (TPSA) is 44.5 Å². The summed E-state index contributed by atoms with van der Waals surface area (Å²) in [5, 5.41) is 0. The van der Waals surface area contributed by atoms with Gasteiger partial charge in [-0.1, -0.05) is 13.0 Å². The Kier molecular flexibility index (Phi) is 2.59. The van der Waals surface area contributed by atoms with Crippen molar-refractivity contribution >= 4 is 0 Å². The largest absolute Gasteiger partial charge is 0.454 e. The Hall–Kier alpha value is -1.22. The lowest BCUT2D eigenvalue weighted by Crippen LogP contribution is -2.12. The third-order valence-electron chi connectivity index (χ3n) is 2.42. The molecule has 2 rings (SSSR count). The summed E-state index contributed by atoms with van der Waals surface area (Å²) in [6.45, 7) is 3.20. The molecular formula is C11H15NO2. The van der Waals surface area contributed by atoms with Crippen molar-refractivity contribution in [1.29, 1.82) is 0 Å². The van der Waals surface area contributed by atoms with Crippen LogP contribution in [0.2, 0.25) is 0 Å². The van der Waals surface area contributed by atoms with Crippen LogP contribution in [0.25, 0.3) is 0 Å². The van der Waals surface area contributed by atoms with Gasteiger partial charge in [-0.05, 0) is 36.6 Å². The molecule has 0 aliphatic carbocycles. The minimum absolute atomic E-state index is 0.339. The molecule has 0 amide bonds. The highest BCUT2D eigenvalue weighted by molar-refractivity contribution is 5.44. The van der Waals surface area contributed by atoms with Crippen molar-refractivity contribution in [2.24, 2.45) is 11.7 Å². The highest BCUT2D eigenvalue weighted by Gasteiger charge is 2.13. The first kappa shape index (κ1) is 9.34. The molecule has 1 heterocycles. The van der Waals surface area contributed by atoms with Crippen LogP contribution in [-0.2, 0) is 6.42 Å². The maximum atomic E-state index is 5.58. The van der Waals surface area contributed by atoms with E-state index in [1.807, 2.05) is 12.1 Å².